The van der Waals surface area contributed by atoms with Crippen LogP contribution >= 0.6 is 15.9 Å². The molecular formula is C16H12BrN3O. The van der Waals surface area contributed by atoms with Gasteiger partial charge in [0.15, 0.2) is 0 Å². The number of nitrogens with one attached hydrogen (secondary N) is 1. The first-order chi connectivity index (χ1) is 10.1. The van der Waals surface area contributed by atoms with Crippen molar-refractivity contribution in [2.24, 2.45) is 0 Å². The highest BCUT2D eigenvalue weighted by atomic mass is 79.9. The third kappa shape index (κ3) is 3.82. The average molecular weight is 342 g/mol. The van der Waals surface area contributed by atoms with Gasteiger partial charge >= 0.3 is 0 Å². The van der Waals surface area contributed by atoms with Gasteiger partial charge in [0.05, 0.1) is 29.4 Å². The Hall–Kier alpha value is -2.34. The number of nitriles is 2. The molecule has 0 aliphatic carbocycles. The maximum atomic E-state index is 10.1. The van der Waals surface area contributed by atoms with E-state index in [1.807, 2.05) is 6.07 Å². The van der Waals surface area contributed by atoms with Gasteiger partial charge in [-0.2, -0.15) is 10.5 Å². The standard InChI is InChI=1S/C16H12BrN3O/c17-14-7-12(9-19)3-6-15(14)20-10-16(21)13-4-1-11(8-18)2-5-13/h1-7,16,20-21H,10H2. The zero-order valence-corrected chi connectivity index (χ0v) is 12.6. The summed E-state index contributed by atoms with van der Waals surface area (Å²) in [6.07, 6.45) is -0.680. The van der Waals surface area contributed by atoms with E-state index < -0.39 is 6.10 Å². The van der Waals surface area contributed by atoms with Crippen LogP contribution in [0.5, 0.6) is 0 Å². The molecule has 0 aromatic heterocycles. The highest BCUT2D eigenvalue weighted by Crippen LogP contribution is 2.24. The number of aliphatic hydroxyl groups excluding tert-OH is 1. The SMILES string of the molecule is N#Cc1ccc(C(O)CNc2ccc(C#N)cc2Br)cc1. The Morgan fingerprint density at radius 3 is 2.24 bits per heavy atom. The van der Waals surface area contributed by atoms with E-state index in [2.05, 4.69) is 27.3 Å². The number of benzene rings is 2. The largest absolute Gasteiger partial charge is 0.387 e. The second kappa shape index (κ2) is 6.90. The number of aliphatic hydroxyl groups is 1. The summed E-state index contributed by atoms with van der Waals surface area (Å²) in [5.41, 5.74) is 2.68. The first-order valence-electron chi connectivity index (χ1n) is 6.25. The number of anilines is 1. The Kier molecular flexibility index (Phi) is 4.94. The summed E-state index contributed by atoms with van der Waals surface area (Å²) in [5, 5.41) is 30.8. The van der Waals surface area contributed by atoms with E-state index >= 15 is 0 Å². The molecule has 2 aromatic carbocycles. The number of hydrogen-bond donors (Lipinski definition) is 2. The van der Waals surface area contributed by atoms with E-state index in [-0.39, 0.29) is 0 Å². The number of nitrogens with zero attached hydrogens (tertiary/aromatic N) is 2. The fourth-order valence-corrected chi connectivity index (χ4v) is 2.35. The van der Waals surface area contributed by atoms with Gasteiger partial charge in [0.25, 0.3) is 0 Å². The molecule has 1 atom stereocenters. The molecule has 0 amide bonds. The van der Waals surface area contributed by atoms with Crippen LogP contribution in [0.25, 0.3) is 0 Å². The minimum Gasteiger partial charge on any atom is -0.387 e. The van der Waals surface area contributed by atoms with Crippen LogP contribution in [0.2, 0.25) is 0 Å². The fraction of sp³-hybridized carbons (Fsp3) is 0.125. The minimum absolute atomic E-state index is 0.330. The van der Waals surface area contributed by atoms with Crippen LogP contribution in [0.3, 0.4) is 0 Å². The highest BCUT2D eigenvalue weighted by molar-refractivity contribution is 9.10. The molecule has 21 heavy (non-hydrogen) atoms. The van der Waals surface area contributed by atoms with E-state index in [0.717, 1.165) is 15.7 Å². The van der Waals surface area contributed by atoms with E-state index in [1.54, 1.807) is 42.5 Å². The zero-order valence-electron chi connectivity index (χ0n) is 11.0. The fourth-order valence-electron chi connectivity index (χ4n) is 1.83. The van der Waals surface area contributed by atoms with Gasteiger partial charge in [-0.15, -0.1) is 0 Å². The maximum Gasteiger partial charge on any atom is 0.0992 e. The lowest BCUT2D eigenvalue weighted by Gasteiger charge is -2.14. The van der Waals surface area contributed by atoms with Gasteiger partial charge in [-0.3, -0.25) is 0 Å². The molecule has 2 rings (SSSR count). The molecule has 0 aliphatic heterocycles. The number of halogens is 1. The predicted octanol–water partition coefficient (Wildman–Crippen LogP) is 3.34. The van der Waals surface area contributed by atoms with Crippen molar-refractivity contribution < 1.29 is 5.11 Å². The Balaban J connectivity index is 2.02. The summed E-state index contributed by atoms with van der Waals surface area (Å²) in [5.74, 6) is 0. The summed E-state index contributed by atoms with van der Waals surface area (Å²) < 4.78 is 0.772. The summed E-state index contributed by atoms with van der Waals surface area (Å²) in [6.45, 7) is 0.330. The van der Waals surface area contributed by atoms with Crippen molar-refractivity contribution in [3.63, 3.8) is 0 Å². The Labute approximate surface area is 131 Å². The van der Waals surface area contributed by atoms with Gasteiger partial charge in [0.2, 0.25) is 0 Å². The van der Waals surface area contributed by atoms with Crippen LogP contribution in [0, 0.1) is 22.7 Å². The molecule has 0 fully saturated rings. The van der Waals surface area contributed by atoms with Crippen LogP contribution in [0.1, 0.15) is 22.8 Å². The third-order valence-corrected chi connectivity index (χ3v) is 3.66. The Morgan fingerprint density at radius 1 is 1.05 bits per heavy atom. The lowest BCUT2D eigenvalue weighted by atomic mass is 10.1. The molecule has 0 saturated carbocycles. The van der Waals surface area contributed by atoms with Crippen molar-refractivity contribution in [1.29, 1.82) is 10.5 Å². The van der Waals surface area contributed by atoms with Gasteiger partial charge in [-0.05, 0) is 51.8 Å². The molecule has 0 radical (unpaired) electrons. The Bertz CT molecular complexity index is 714. The molecule has 4 nitrogen and oxygen atoms in total. The van der Waals surface area contributed by atoms with E-state index in [4.69, 9.17) is 10.5 Å². The average Bonchev–Trinajstić information content (AvgIpc) is 2.53. The van der Waals surface area contributed by atoms with Crippen LogP contribution < -0.4 is 5.32 Å². The normalized spacial score (nSPS) is 11.2. The van der Waals surface area contributed by atoms with Gasteiger partial charge in [-0.25, -0.2) is 0 Å². The molecule has 104 valence electrons. The predicted molar refractivity (Wildman–Crippen MR) is 83.5 cm³/mol. The van der Waals surface area contributed by atoms with Crippen molar-refractivity contribution >= 4 is 21.6 Å². The summed E-state index contributed by atoms with van der Waals surface area (Å²) >= 11 is 3.38. The smallest absolute Gasteiger partial charge is 0.0992 e. The Morgan fingerprint density at radius 2 is 1.67 bits per heavy atom. The van der Waals surface area contributed by atoms with E-state index in [0.29, 0.717) is 17.7 Å². The third-order valence-electron chi connectivity index (χ3n) is 3.01. The maximum absolute atomic E-state index is 10.1. The summed E-state index contributed by atoms with van der Waals surface area (Å²) in [7, 11) is 0. The van der Waals surface area contributed by atoms with Crippen molar-refractivity contribution in [2.45, 2.75) is 6.10 Å². The highest BCUT2D eigenvalue weighted by Gasteiger charge is 2.08. The zero-order chi connectivity index (χ0) is 15.2. The quantitative estimate of drug-likeness (QED) is 0.893. The lowest BCUT2D eigenvalue weighted by Crippen LogP contribution is -2.12. The van der Waals surface area contributed by atoms with Crippen molar-refractivity contribution in [2.75, 3.05) is 11.9 Å². The van der Waals surface area contributed by atoms with Gasteiger partial charge in [0, 0.05) is 16.7 Å². The lowest BCUT2D eigenvalue weighted by molar-refractivity contribution is 0.191. The van der Waals surface area contributed by atoms with Crippen LogP contribution in [-0.2, 0) is 0 Å². The monoisotopic (exact) mass is 341 g/mol. The van der Waals surface area contributed by atoms with E-state index in [1.165, 1.54) is 0 Å². The second-order valence-corrected chi connectivity index (χ2v) is 5.29. The van der Waals surface area contributed by atoms with Gasteiger partial charge < -0.3 is 10.4 Å². The first-order valence-corrected chi connectivity index (χ1v) is 7.05. The topological polar surface area (TPSA) is 79.8 Å². The van der Waals surface area contributed by atoms with E-state index in [9.17, 15) is 5.11 Å². The summed E-state index contributed by atoms with van der Waals surface area (Å²) in [4.78, 5) is 0. The number of rotatable bonds is 4. The molecule has 0 spiro atoms. The molecule has 0 aliphatic rings. The number of hydrogen-bond acceptors (Lipinski definition) is 4. The van der Waals surface area contributed by atoms with Gasteiger partial charge in [-0.1, -0.05) is 12.1 Å². The van der Waals surface area contributed by atoms with Crippen LogP contribution in [-0.4, -0.2) is 11.7 Å². The molecular weight excluding hydrogens is 330 g/mol. The first kappa shape index (κ1) is 15.1. The van der Waals surface area contributed by atoms with Crippen molar-refractivity contribution in [3.8, 4) is 12.1 Å². The van der Waals surface area contributed by atoms with Crippen molar-refractivity contribution in [3.05, 3.63) is 63.6 Å². The van der Waals surface area contributed by atoms with Crippen molar-refractivity contribution in [1.82, 2.24) is 0 Å². The molecule has 0 heterocycles. The molecule has 2 aromatic rings. The van der Waals surface area contributed by atoms with Crippen LogP contribution in [0.4, 0.5) is 5.69 Å². The molecule has 2 N–H and O–H groups in total. The molecule has 0 saturated heterocycles. The molecule has 1 unspecified atom stereocenters. The second-order valence-electron chi connectivity index (χ2n) is 4.44. The minimum atomic E-state index is -0.680. The molecule has 5 heteroatoms. The van der Waals surface area contributed by atoms with Crippen LogP contribution in [0.15, 0.2) is 46.9 Å². The van der Waals surface area contributed by atoms with Gasteiger partial charge in [0.1, 0.15) is 0 Å². The molecule has 0 bridgehead atoms. The summed E-state index contributed by atoms with van der Waals surface area (Å²) in [6, 6.07) is 16.1.